The summed E-state index contributed by atoms with van der Waals surface area (Å²) in [5.74, 6) is 1.53. The van der Waals surface area contributed by atoms with Crippen molar-refractivity contribution >= 4 is 11.7 Å². The SMILES string of the molecule is CCCCOc1ccccc1[C@@H]1CC(=O)Nc2c1c(C)nn2-c1ccc(=O)[nH]n1. The number of hydrogen-bond donors (Lipinski definition) is 2. The summed E-state index contributed by atoms with van der Waals surface area (Å²) < 4.78 is 7.58. The van der Waals surface area contributed by atoms with Crippen molar-refractivity contribution in [2.75, 3.05) is 11.9 Å². The van der Waals surface area contributed by atoms with Gasteiger partial charge in [-0.25, -0.2) is 5.10 Å². The van der Waals surface area contributed by atoms with Crippen LogP contribution in [0.5, 0.6) is 5.75 Å². The van der Waals surface area contributed by atoms with E-state index in [0.717, 1.165) is 35.4 Å². The van der Waals surface area contributed by atoms with Crippen LogP contribution in [0.25, 0.3) is 5.82 Å². The van der Waals surface area contributed by atoms with Gasteiger partial charge in [0, 0.05) is 29.5 Å². The fourth-order valence-corrected chi connectivity index (χ4v) is 3.66. The number of amides is 1. The summed E-state index contributed by atoms with van der Waals surface area (Å²) in [6, 6.07) is 10.8. The topological polar surface area (TPSA) is 102 Å². The number of nitrogens with one attached hydrogen (secondary N) is 2. The Morgan fingerprint density at radius 2 is 2.03 bits per heavy atom. The summed E-state index contributed by atoms with van der Waals surface area (Å²) in [5, 5.41) is 14.0. The molecular weight excluding hydrogens is 370 g/mol. The minimum absolute atomic E-state index is 0.101. The monoisotopic (exact) mass is 393 g/mol. The van der Waals surface area contributed by atoms with Crippen LogP contribution in [-0.2, 0) is 4.79 Å². The van der Waals surface area contributed by atoms with Crippen LogP contribution >= 0.6 is 0 Å². The minimum atomic E-state index is -0.299. The third-order valence-electron chi connectivity index (χ3n) is 5.03. The molecule has 150 valence electrons. The number of unbranched alkanes of at least 4 members (excludes halogenated alkanes) is 1. The maximum atomic E-state index is 12.6. The standard InChI is InChI=1S/C21H23N5O3/c1-3-4-11-29-16-8-6-5-7-14(16)15-12-19(28)22-21-20(15)13(2)25-26(21)17-9-10-18(27)24-23-17/h5-10,15H,3-4,11-12H2,1-2H3,(H,22,28)(H,24,27)/t15-/m0/s1. The number of benzene rings is 1. The Balaban J connectivity index is 1.79. The van der Waals surface area contributed by atoms with Gasteiger partial charge in [0.05, 0.1) is 12.3 Å². The second-order valence-corrected chi connectivity index (χ2v) is 7.08. The molecule has 29 heavy (non-hydrogen) atoms. The summed E-state index contributed by atoms with van der Waals surface area (Å²) in [6.45, 7) is 4.67. The normalized spacial score (nSPS) is 15.7. The fraction of sp³-hybridized carbons (Fsp3) is 0.333. The maximum Gasteiger partial charge on any atom is 0.264 e. The Morgan fingerprint density at radius 3 is 2.79 bits per heavy atom. The molecule has 0 bridgehead atoms. The highest BCUT2D eigenvalue weighted by Gasteiger charge is 2.34. The van der Waals surface area contributed by atoms with Crippen LogP contribution < -0.4 is 15.6 Å². The molecule has 0 radical (unpaired) electrons. The van der Waals surface area contributed by atoms with Crippen LogP contribution in [0.15, 0.2) is 41.2 Å². The molecular formula is C21H23N5O3. The third kappa shape index (κ3) is 3.65. The number of hydrogen-bond acceptors (Lipinski definition) is 5. The summed E-state index contributed by atoms with van der Waals surface area (Å²) in [7, 11) is 0. The third-order valence-corrected chi connectivity index (χ3v) is 5.03. The van der Waals surface area contributed by atoms with E-state index >= 15 is 0 Å². The van der Waals surface area contributed by atoms with Gasteiger partial charge in [-0.3, -0.25) is 9.59 Å². The van der Waals surface area contributed by atoms with Gasteiger partial charge in [-0.2, -0.15) is 14.9 Å². The highest BCUT2D eigenvalue weighted by Crippen LogP contribution is 2.42. The van der Waals surface area contributed by atoms with Crippen molar-refractivity contribution in [2.24, 2.45) is 0 Å². The van der Waals surface area contributed by atoms with Gasteiger partial charge in [0.1, 0.15) is 11.6 Å². The van der Waals surface area contributed by atoms with Crippen LogP contribution in [0.4, 0.5) is 5.82 Å². The predicted octanol–water partition coefficient (Wildman–Crippen LogP) is 2.92. The van der Waals surface area contributed by atoms with Crippen LogP contribution in [0.3, 0.4) is 0 Å². The molecule has 0 unspecified atom stereocenters. The first-order valence-electron chi connectivity index (χ1n) is 9.75. The van der Waals surface area contributed by atoms with Crippen molar-refractivity contribution in [3.8, 4) is 11.6 Å². The first-order chi connectivity index (χ1) is 14.1. The lowest BCUT2D eigenvalue weighted by Crippen LogP contribution is -2.25. The van der Waals surface area contributed by atoms with Crippen LogP contribution in [-0.4, -0.2) is 32.5 Å². The van der Waals surface area contributed by atoms with E-state index in [-0.39, 0.29) is 17.4 Å². The second kappa shape index (κ2) is 7.90. The Hall–Kier alpha value is -3.42. The predicted molar refractivity (Wildman–Crippen MR) is 109 cm³/mol. The largest absolute Gasteiger partial charge is 0.493 e. The molecule has 1 aliphatic rings. The van der Waals surface area contributed by atoms with Gasteiger partial charge in [-0.1, -0.05) is 31.5 Å². The highest BCUT2D eigenvalue weighted by atomic mass is 16.5. The van der Waals surface area contributed by atoms with E-state index in [1.807, 2.05) is 31.2 Å². The minimum Gasteiger partial charge on any atom is -0.493 e. The molecule has 1 aromatic carbocycles. The smallest absolute Gasteiger partial charge is 0.264 e. The lowest BCUT2D eigenvalue weighted by molar-refractivity contribution is -0.116. The van der Waals surface area contributed by atoms with Crippen molar-refractivity contribution in [1.29, 1.82) is 0 Å². The average molecular weight is 393 g/mol. The van der Waals surface area contributed by atoms with Crippen molar-refractivity contribution in [3.63, 3.8) is 0 Å². The zero-order valence-corrected chi connectivity index (χ0v) is 16.4. The molecule has 0 saturated carbocycles. The number of aromatic nitrogens is 4. The van der Waals surface area contributed by atoms with Crippen molar-refractivity contribution in [2.45, 2.75) is 39.0 Å². The Labute approximate surface area is 167 Å². The maximum absolute atomic E-state index is 12.6. The molecule has 1 aliphatic heterocycles. The highest BCUT2D eigenvalue weighted by molar-refractivity contribution is 5.95. The molecule has 8 heteroatoms. The van der Waals surface area contributed by atoms with Crippen molar-refractivity contribution in [3.05, 3.63) is 63.6 Å². The summed E-state index contributed by atoms with van der Waals surface area (Å²) in [4.78, 5) is 23.9. The second-order valence-electron chi connectivity index (χ2n) is 7.08. The number of anilines is 1. The van der Waals surface area contributed by atoms with Gasteiger partial charge in [-0.05, 0) is 25.5 Å². The number of carbonyl (C=O) groups is 1. The molecule has 8 nitrogen and oxygen atoms in total. The number of para-hydroxylation sites is 1. The number of aromatic amines is 1. The van der Waals surface area contributed by atoms with E-state index in [1.165, 1.54) is 6.07 Å². The quantitative estimate of drug-likeness (QED) is 0.627. The molecule has 3 heterocycles. The Kier molecular flexibility index (Phi) is 5.16. The van der Waals surface area contributed by atoms with Gasteiger partial charge in [0.2, 0.25) is 5.91 Å². The van der Waals surface area contributed by atoms with E-state index in [2.05, 4.69) is 27.5 Å². The van der Waals surface area contributed by atoms with Crippen molar-refractivity contribution in [1.82, 2.24) is 20.0 Å². The Morgan fingerprint density at radius 1 is 1.21 bits per heavy atom. The molecule has 0 saturated heterocycles. The number of H-pyrrole nitrogens is 1. The fourth-order valence-electron chi connectivity index (χ4n) is 3.66. The number of fused-ring (bicyclic) bond motifs is 1. The average Bonchev–Trinajstić information content (AvgIpc) is 3.05. The zero-order valence-electron chi connectivity index (χ0n) is 16.4. The number of ether oxygens (including phenoxy) is 1. The van der Waals surface area contributed by atoms with Gasteiger partial charge in [0.15, 0.2) is 5.82 Å². The molecule has 0 spiro atoms. The van der Waals surface area contributed by atoms with Gasteiger partial charge in [-0.15, -0.1) is 0 Å². The van der Waals surface area contributed by atoms with Gasteiger partial charge in [0.25, 0.3) is 5.56 Å². The molecule has 3 aromatic rings. The Bertz CT molecular complexity index is 1080. The van der Waals surface area contributed by atoms with E-state index in [9.17, 15) is 9.59 Å². The number of nitrogens with zero attached hydrogens (tertiary/aromatic N) is 3. The summed E-state index contributed by atoms with van der Waals surface area (Å²) in [6.07, 6.45) is 2.34. The molecule has 2 aromatic heterocycles. The first kappa shape index (κ1) is 18.9. The van der Waals surface area contributed by atoms with E-state index in [0.29, 0.717) is 24.7 Å². The van der Waals surface area contributed by atoms with Crippen LogP contribution in [0.1, 0.15) is 48.9 Å². The molecule has 1 amide bonds. The van der Waals surface area contributed by atoms with Gasteiger partial charge < -0.3 is 10.1 Å². The zero-order chi connectivity index (χ0) is 20.4. The van der Waals surface area contributed by atoms with Crippen molar-refractivity contribution < 1.29 is 9.53 Å². The lowest BCUT2D eigenvalue weighted by Gasteiger charge is -2.25. The van der Waals surface area contributed by atoms with Gasteiger partial charge >= 0.3 is 0 Å². The van der Waals surface area contributed by atoms with Crippen LogP contribution in [0.2, 0.25) is 0 Å². The van der Waals surface area contributed by atoms with E-state index in [4.69, 9.17) is 4.74 Å². The molecule has 4 rings (SSSR count). The number of rotatable bonds is 6. The molecule has 1 atom stereocenters. The molecule has 2 N–H and O–H groups in total. The van der Waals surface area contributed by atoms with E-state index < -0.39 is 0 Å². The molecule has 0 fully saturated rings. The number of carbonyl (C=O) groups excluding carboxylic acids is 1. The van der Waals surface area contributed by atoms with E-state index in [1.54, 1.807) is 10.7 Å². The lowest BCUT2D eigenvalue weighted by atomic mass is 9.85. The molecule has 0 aliphatic carbocycles. The van der Waals surface area contributed by atoms with Crippen LogP contribution in [0, 0.1) is 6.92 Å². The number of aryl methyl sites for hydroxylation is 1. The summed E-state index contributed by atoms with van der Waals surface area (Å²) >= 11 is 0. The summed E-state index contributed by atoms with van der Waals surface area (Å²) in [5.41, 5.74) is 2.40. The first-order valence-corrected chi connectivity index (χ1v) is 9.75.